The highest BCUT2D eigenvalue weighted by Crippen LogP contribution is 2.33. The van der Waals surface area contributed by atoms with Crippen molar-refractivity contribution < 1.29 is 13.9 Å². The lowest BCUT2D eigenvalue weighted by atomic mass is 10.0. The van der Waals surface area contributed by atoms with Crippen LogP contribution in [0.3, 0.4) is 0 Å². The summed E-state index contributed by atoms with van der Waals surface area (Å²) >= 11 is 0. The first kappa shape index (κ1) is 9.90. The molecule has 0 saturated carbocycles. The lowest BCUT2D eigenvalue weighted by molar-refractivity contribution is 0.111. The van der Waals surface area contributed by atoms with Gasteiger partial charge in [0.1, 0.15) is 17.2 Å². The summed E-state index contributed by atoms with van der Waals surface area (Å²) < 4.78 is 19.2. The smallest absolute Gasteiger partial charge is 0.153 e. The summed E-state index contributed by atoms with van der Waals surface area (Å²) in [5.74, 6) is -0.0418. The van der Waals surface area contributed by atoms with Crippen LogP contribution in [0, 0.1) is 5.82 Å². The quantitative estimate of drug-likeness (QED) is 0.660. The minimum absolute atomic E-state index is 0.0571. The minimum atomic E-state index is -0.519. The third kappa shape index (κ3) is 1.65. The summed E-state index contributed by atoms with van der Waals surface area (Å²) in [4.78, 5) is 10.5. The first-order valence-corrected chi connectivity index (χ1v) is 4.69. The molecule has 3 heteroatoms. The van der Waals surface area contributed by atoms with Gasteiger partial charge in [0.05, 0.1) is 11.1 Å². The molecular formula is C12H11FO2. The van der Waals surface area contributed by atoms with Crippen LogP contribution in [-0.4, -0.2) is 11.9 Å². The average molecular weight is 206 g/mol. The zero-order valence-corrected chi connectivity index (χ0v) is 8.58. The highest BCUT2D eigenvalue weighted by molar-refractivity contribution is 5.78. The number of hydrogen-bond donors (Lipinski definition) is 0. The number of halogens is 1. The van der Waals surface area contributed by atoms with Crippen LogP contribution >= 0.6 is 0 Å². The standard InChI is InChI=1S/C12H11FO2/c1-12(2)6-5-9-10(15-12)4-3-8(7-14)11(9)13/h3-7H,1-2H3. The molecule has 0 radical (unpaired) electrons. The molecule has 2 nitrogen and oxygen atoms in total. The molecule has 0 aromatic heterocycles. The van der Waals surface area contributed by atoms with E-state index < -0.39 is 11.4 Å². The van der Waals surface area contributed by atoms with Crippen LogP contribution in [0.4, 0.5) is 4.39 Å². The zero-order chi connectivity index (χ0) is 11.1. The van der Waals surface area contributed by atoms with Gasteiger partial charge in [-0.05, 0) is 38.1 Å². The summed E-state index contributed by atoms with van der Waals surface area (Å²) in [6.07, 6.45) is 3.93. The first-order chi connectivity index (χ1) is 7.03. The van der Waals surface area contributed by atoms with Gasteiger partial charge >= 0.3 is 0 Å². The maximum Gasteiger partial charge on any atom is 0.153 e. The van der Waals surface area contributed by atoms with Gasteiger partial charge in [-0.25, -0.2) is 4.39 Å². The van der Waals surface area contributed by atoms with Crippen LogP contribution in [0.2, 0.25) is 0 Å². The van der Waals surface area contributed by atoms with Gasteiger partial charge in [-0.15, -0.1) is 0 Å². The predicted octanol–water partition coefficient (Wildman–Crippen LogP) is 2.82. The van der Waals surface area contributed by atoms with Crippen LogP contribution in [-0.2, 0) is 0 Å². The predicted molar refractivity (Wildman–Crippen MR) is 55.5 cm³/mol. The molecule has 0 spiro atoms. The molecule has 78 valence electrons. The number of aldehydes is 1. The van der Waals surface area contributed by atoms with Crippen LogP contribution in [0.5, 0.6) is 5.75 Å². The molecule has 0 aliphatic carbocycles. The maximum atomic E-state index is 13.6. The fourth-order valence-corrected chi connectivity index (χ4v) is 1.53. The molecule has 1 heterocycles. The average Bonchev–Trinajstić information content (AvgIpc) is 2.16. The van der Waals surface area contributed by atoms with Gasteiger partial charge in [0.15, 0.2) is 6.29 Å². The van der Waals surface area contributed by atoms with E-state index in [1.165, 1.54) is 6.07 Å². The Kier molecular flexibility index (Phi) is 2.11. The Bertz CT molecular complexity index is 447. The topological polar surface area (TPSA) is 26.3 Å². The molecule has 0 N–H and O–H groups in total. The number of ether oxygens (including phenoxy) is 1. The van der Waals surface area contributed by atoms with E-state index in [1.54, 1.807) is 18.2 Å². The molecule has 15 heavy (non-hydrogen) atoms. The van der Waals surface area contributed by atoms with E-state index in [4.69, 9.17) is 4.74 Å². The number of carbonyl (C=O) groups is 1. The lowest BCUT2D eigenvalue weighted by Gasteiger charge is -2.28. The third-order valence-electron chi connectivity index (χ3n) is 2.32. The van der Waals surface area contributed by atoms with E-state index in [1.807, 2.05) is 13.8 Å². The van der Waals surface area contributed by atoms with Crippen molar-refractivity contribution in [3.63, 3.8) is 0 Å². The van der Waals surface area contributed by atoms with Crippen LogP contribution in [0.15, 0.2) is 18.2 Å². The summed E-state index contributed by atoms with van der Waals surface area (Å²) in [6, 6.07) is 3.05. The Morgan fingerprint density at radius 3 is 2.80 bits per heavy atom. The fourth-order valence-electron chi connectivity index (χ4n) is 1.53. The van der Waals surface area contributed by atoms with Crippen molar-refractivity contribution in [2.45, 2.75) is 19.4 Å². The number of rotatable bonds is 1. The number of carbonyl (C=O) groups excluding carboxylic acids is 1. The monoisotopic (exact) mass is 206 g/mol. The Labute approximate surface area is 87.4 Å². The summed E-state index contributed by atoms with van der Waals surface area (Å²) in [5.41, 5.74) is -0.0251. The van der Waals surface area contributed by atoms with Crippen molar-refractivity contribution in [3.05, 3.63) is 35.2 Å². The van der Waals surface area contributed by atoms with Crippen LogP contribution in [0.1, 0.15) is 29.8 Å². The van der Waals surface area contributed by atoms with Gasteiger partial charge in [0, 0.05) is 0 Å². The number of hydrogen-bond acceptors (Lipinski definition) is 2. The van der Waals surface area contributed by atoms with Gasteiger partial charge in [0.25, 0.3) is 0 Å². The molecule has 0 amide bonds. The van der Waals surface area contributed by atoms with E-state index in [0.717, 1.165) is 0 Å². The Morgan fingerprint density at radius 2 is 2.13 bits per heavy atom. The Hall–Kier alpha value is -1.64. The zero-order valence-electron chi connectivity index (χ0n) is 8.58. The van der Waals surface area contributed by atoms with Crippen molar-refractivity contribution in [3.8, 4) is 5.75 Å². The molecule has 1 aliphatic heterocycles. The van der Waals surface area contributed by atoms with Gasteiger partial charge < -0.3 is 4.74 Å². The number of fused-ring (bicyclic) bond motifs is 1. The first-order valence-electron chi connectivity index (χ1n) is 4.69. The molecule has 1 aromatic rings. The molecule has 0 unspecified atom stereocenters. The minimum Gasteiger partial charge on any atom is -0.483 e. The Balaban J connectivity index is 2.57. The summed E-state index contributed by atoms with van der Waals surface area (Å²) in [5, 5.41) is 0. The normalized spacial score (nSPS) is 16.7. The van der Waals surface area contributed by atoms with Crippen molar-refractivity contribution >= 4 is 12.4 Å². The SMILES string of the molecule is CC1(C)C=Cc2c(ccc(C=O)c2F)O1. The van der Waals surface area contributed by atoms with Crippen molar-refractivity contribution in [1.82, 2.24) is 0 Å². The second kappa shape index (κ2) is 3.19. The molecule has 0 fully saturated rings. The highest BCUT2D eigenvalue weighted by Gasteiger charge is 2.24. The second-order valence-electron chi connectivity index (χ2n) is 4.04. The Morgan fingerprint density at radius 1 is 1.40 bits per heavy atom. The van der Waals surface area contributed by atoms with Gasteiger partial charge in [-0.3, -0.25) is 4.79 Å². The van der Waals surface area contributed by atoms with E-state index >= 15 is 0 Å². The molecule has 1 aliphatic rings. The molecular weight excluding hydrogens is 195 g/mol. The molecule has 2 rings (SSSR count). The largest absolute Gasteiger partial charge is 0.483 e. The van der Waals surface area contributed by atoms with Crippen LogP contribution in [0.25, 0.3) is 6.08 Å². The van der Waals surface area contributed by atoms with Crippen molar-refractivity contribution in [2.75, 3.05) is 0 Å². The summed E-state index contributed by atoms with van der Waals surface area (Å²) in [6.45, 7) is 3.77. The fraction of sp³-hybridized carbons (Fsp3) is 0.250. The summed E-state index contributed by atoms with van der Waals surface area (Å²) in [7, 11) is 0. The van der Waals surface area contributed by atoms with E-state index in [2.05, 4.69) is 0 Å². The molecule has 0 bridgehead atoms. The molecule has 1 aromatic carbocycles. The maximum absolute atomic E-state index is 13.6. The molecule has 0 saturated heterocycles. The van der Waals surface area contributed by atoms with Crippen molar-refractivity contribution in [1.29, 1.82) is 0 Å². The van der Waals surface area contributed by atoms with Gasteiger partial charge in [0.2, 0.25) is 0 Å². The van der Waals surface area contributed by atoms with E-state index in [-0.39, 0.29) is 5.56 Å². The lowest BCUT2D eigenvalue weighted by Crippen LogP contribution is -2.27. The van der Waals surface area contributed by atoms with Crippen molar-refractivity contribution in [2.24, 2.45) is 0 Å². The third-order valence-corrected chi connectivity index (χ3v) is 2.32. The van der Waals surface area contributed by atoms with Gasteiger partial charge in [-0.1, -0.05) is 0 Å². The van der Waals surface area contributed by atoms with E-state index in [0.29, 0.717) is 17.6 Å². The molecule has 0 atom stereocenters. The highest BCUT2D eigenvalue weighted by atomic mass is 19.1. The van der Waals surface area contributed by atoms with Gasteiger partial charge in [-0.2, -0.15) is 0 Å². The number of benzene rings is 1. The second-order valence-corrected chi connectivity index (χ2v) is 4.04. The van der Waals surface area contributed by atoms with Crippen LogP contribution < -0.4 is 4.74 Å². The van der Waals surface area contributed by atoms with E-state index in [9.17, 15) is 9.18 Å².